The average molecular weight is 212 g/mol. The summed E-state index contributed by atoms with van der Waals surface area (Å²) in [6.45, 7) is 9.90. The molecule has 2 N–H and O–H groups in total. The van der Waals surface area contributed by atoms with E-state index in [4.69, 9.17) is 0 Å². The monoisotopic (exact) mass is 212 g/mol. The lowest BCUT2D eigenvalue weighted by Crippen LogP contribution is -2.36. The fourth-order valence-corrected chi connectivity index (χ4v) is 0.872. The summed E-state index contributed by atoms with van der Waals surface area (Å²) in [5.74, 6) is -0.114. The lowest BCUT2D eigenvalue weighted by Gasteiger charge is -2.10. The normalized spacial score (nSPS) is 11.7. The van der Waals surface area contributed by atoms with Crippen molar-refractivity contribution in [3.8, 4) is 0 Å². The Morgan fingerprint density at radius 3 is 2.27 bits per heavy atom. The van der Waals surface area contributed by atoms with Crippen LogP contribution in [-0.4, -0.2) is 24.9 Å². The van der Waals surface area contributed by atoms with Crippen LogP contribution in [0.4, 0.5) is 0 Å². The Morgan fingerprint density at radius 1 is 1.27 bits per heavy atom. The van der Waals surface area contributed by atoms with Crippen LogP contribution >= 0.6 is 0 Å². The number of carbonyl (C=O) groups excluding carboxylic acids is 2. The Balaban J connectivity index is 3.59. The van der Waals surface area contributed by atoms with Crippen molar-refractivity contribution in [2.75, 3.05) is 13.1 Å². The highest BCUT2D eigenvalue weighted by atomic mass is 16.2. The van der Waals surface area contributed by atoms with E-state index >= 15 is 0 Å². The molecule has 86 valence electrons. The van der Waals surface area contributed by atoms with Crippen molar-refractivity contribution in [2.24, 2.45) is 5.92 Å². The van der Waals surface area contributed by atoms with Crippen LogP contribution in [0.25, 0.3) is 0 Å². The van der Waals surface area contributed by atoms with Crippen LogP contribution in [0, 0.1) is 5.92 Å². The number of carbonyl (C=O) groups is 2. The summed E-state index contributed by atoms with van der Waals surface area (Å²) in [5, 5.41) is 5.39. The SMILES string of the molecule is C=C(C)C(=O)NCCNC(=O)C(C)CC. The van der Waals surface area contributed by atoms with E-state index in [1.54, 1.807) is 6.92 Å². The zero-order chi connectivity index (χ0) is 11.8. The van der Waals surface area contributed by atoms with Gasteiger partial charge in [0.25, 0.3) is 0 Å². The molecule has 0 rings (SSSR count). The zero-order valence-corrected chi connectivity index (χ0v) is 9.72. The van der Waals surface area contributed by atoms with Gasteiger partial charge >= 0.3 is 0 Å². The van der Waals surface area contributed by atoms with Crippen LogP contribution < -0.4 is 10.6 Å². The molecular formula is C11H20N2O2. The van der Waals surface area contributed by atoms with Crippen LogP contribution in [0.1, 0.15) is 27.2 Å². The molecule has 0 fully saturated rings. The summed E-state index contributed by atoms with van der Waals surface area (Å²) >= 11 is 0. The second kappa shape index (κ2) is 7.04. The second-order valence-electron chi connectivity index (χ2n) is 3.64. The van der Waals surface area contributed by atoms with Crippen molar-refractivity contribution >= 4 is 11.8 Å². The Kier molecular flexibility index (Phi) is 6.42. The highest BCUT2D eigenvalue weighted by Gasteiger charge is 2.08. The van der Waals surface area contributed by atoms with Gasteiger partial charge in [-0.2, -0.15) is 0 Å². The van der Waals surface area contributed by atoms with Crippen LogP contribution in [0.3, 0.4) is 0 Å². The van der Waals surface area contributed by atoms with Crippen LogP contribution in [0.2, 0.25) is 0 Å². The number of hydrogen-bond acceptors (Lipinski definition) is 2. The molecule has 4 heteroatoms. The first-order valence-electron chi connectivity index (χ1n) is 5.20. The predicted octanol–water partition coefficient (Wildman–Crippen LogP) is 0.841. The number of hydrogen-bond donors (Lipinski definition) is 2. The maximum Gasteiger partial charge on any atom is 0.246 e. The van der Waals surface area contributed by atoms with E-state index < -0.39 is 0 Å². The fourth-order valence-electron chi connectivity index (χ4n) is 0.872. The molecule has 4 nitrogen and oxygen atoms in total. The first-order valence-corrected chi connectivity index (χ1v) is 5.20. The number of nitrogens with one attached hydrogen (secondary N) is 2. The molecular weight excluding hydrogens is 192 g/mol. The van der Waals surface area contributed by atoms with Gasteiger partial charge < -0.3 is 10.6 Å². The molecule has 0 radical (unpaired) electrons. The zero-order valence-electron chi connectivity index (χ0n) is 9.72. The average Bonchev–Trinajstić information content (AvgIpc) is 2.22. The van der Waals surface area contributed by atoms with Gasteiger partial charge in [-0.25, -0.2) is 0 Å². The van der Waals surface area contributed by atoms with E-state index in [2.05, 4.69) is 17.2 Å². The first kappa shape index (κ1) is 13.7. The Labute approximate surface area is 91.1 Å². The van der Waals surface area contributed by atoms with Gasteiger partial charge in [-0.05, 0) is 13.3 Å². The largest absolute Gasteiger partial charge is 0.354 e. The van der Waals surface area contributed by atoms with E-state index in [-0.39, 0.29) is 17.7 Å². The van der Waals surface area contributed by atoms with E-state index in [1.165, 1.54) is 0 Å². The molecule has 0 aromatic carbocycles. The molecule has 0 aliphatic carbocycles. The minimum Gasteiger partial charge on any atom is -0.354 e. The quantitative estimate of drug-likeness (QED) is 0.506. The van der Waals surface area contributed by atoms with Gasteiger partial charge in [0.1, 0.15) is 0 Å². The summed E-state index contributed by atoms with van der Waals surface area (Å²) in [7, 11) is 0. The standard InChI is InChI=1S/C11H20N2O2/c1-5-9(4)11(15)13-7-6-12-10(14)8(2)3/h9H,2,5-7H2,1,3-4H3,(H,12,14)(H,13,15). The van der Waals surface area contributed by atoms with Gasteiger partial charge in [0.15, 0.2) is 0 Å². The van der Waals surface area contributed by atoms with Gasteiger partial charge in [0.2, 0.25) is 11.8 Å². The minimum absolute atomic E-state index is 0.0295. The lowest BCUT2D eigenvalue weighted by molar-refractivity contribution is -0.124. The molecule has 2 amide bonds. The summed E-state index contributed by atoms with van der Waals surface area (Å²) in [6.07, 6.45) is 0.823. The van der Waals surface area contributed by atoms with Gasteiger partial charge in [-0.3, -0.25) is 9.59 Å². The molecule has 0 heterocycles. The van der Waals surface area contributed by atoms with E-state index in [0.717, 1.165) is 6.42 Å². The van der Waals surface area contributed by atoms with Crippen LogP contribution in [0.15, 0.2) is 12.2 Å². The van der Waals surface area contributed by atoms with Crippen LogP contribution in [0.5, 0.6) is 0 Å². The van der Waals surface area contributed by atoms with Crippen molar-refractivity contribution in [1.82, 2.24) is 10.6 Å². The third kappa shape index (κ3) is 5.88. The third-order valence-electron chi connectivity index (χ3n) is 2.16. The maximum atomic E-state index is 11.3. The van der Waals surface area contributed by atoms with Gasteiger partial charge in [0, 0.05) is 24.6 Å². The molecule has 0 bridgehead atoms. The Hall–Kier alpha value is -1.32. The molecule has 15 heavy (non-hydrogen) atoms. The highest BCUT2D eigenvalue weighted by molar-refractivity contribution is 5.92. The summed E-state index contributed by atoms with van der Waals surface area (Å²) in [5.41, 5.74) is 0.475. The van der Waals surface area contributed by atoms with E-state index in [0.29, 0.717) is 18.7 Å². The van der Waals surface area contributed by atoms with Crippen molar-refractivity contribution < 1.29 is 9.59 Å². The predicted molar refractivity (Wildman–Crippen MR) is 60.3 cm³/mol. The summed E-state index contributed by atoms with van der Waals surface area (Å²) in [6, 6.07) is 0. The Morgan fingerprint density at radius 2 is 1.80 bits per heavy atom. The van der Waals surface area contributed by atoms with Crippen molar-refractivity contribution in [2.45, 2.75) is 27.2 Å². The molecule has 1 unspecified atom stereocenters. The third-order valence-corrected chi connectivity index (χ3v) is 2.16. The fraction of sp³-hybridized carbons (Fsp3) is 0.636. The molecule has 0 aromatic rings. The van der Waals surface area contributed by atoms with Gasteiger partial charge in [-0.1, -0.05) is 20.4 Å². The molecule has 0 aliphatic heterocycles. The molecule has 0 spiro atoms. The topological polar surface area (TPSA) is 58.2 Å². The van der Waals surface area contributed by atoms with E-state index in [9.17, 15) is 9.59 Å². The van der Waals surface area contributed by atoms with Crippen molar-refractivity contribution in [3.05, 3.63) is 12.2 Å². The molecule has 0 saturated carbocycles. The smallest absolute Gasteiger partial charge is 0.246 e. The highest BCUT2D eigenvalue weighted by Crippen LogP contribution is 1.98. The number of amides is 2. The maximum absolute atomic E-state index is 11.3. The second-order valence-corrected chi connectivity index (χ2v) is 3.64. The number of rotatable bonds is 6. The molecule has 1 atom stereocenters. The van der Waals surface area contributed by atoms with Crippen molar-refractivity contribution in [3.63, 3.8) is 0 Å². The summed E-state index contributed by atoms with van der Waals surface area (Å²) in [4.78, 5) is 22.4. The van der Waals surface area contributed by atoms with E-state index in [1.807, 2.05) is 13.8 Å². The van der Waals surface area contributed by atoms with Crippen molar-refractivity contribution in [1.29, 1.82) is 0 Å². The molecule has 0 saturated heterocycles. The molecule has 0 aliphatic rings. The van der Waals surface area contributed by atoms with Crippen LogP contribution in [-0.2, 0) is 9.59 Å². The molecule has 0 aromatic heterocycles. The Bertz CT molecular complexity index is 249. The van der Waals surface area contributed by atoms with Gasteiger partial charge in [0.05, 0.1) is 0 Å². The lowest BCUT2D eigenvalue weighted by atomic mass is 10.1. The van der Waals surface area contributed by atoms with Gasteiger partial charge in [-0.15, -0.1) is 0 Å². The minimum atomic E-state index is -0.173. The summed E-state index contributed by atoms with van der Waals surface area (Å²) < 4.78 is 0. The first-order chi connectivity index (χ1) is 6.99.